The van der Waals surface area contributed by atoms with Crippen LogP contribution in [0.2, 0.25) is 0 Å². The lowest BCUT2D eigenvalue weighted by molar-refractivity contribution is -0.119. The zero-order valence-corrected chi connectivity index (χ0v) is 27.4. The van der Waals surface area contributed by atoms with Gasteiger partial charge >= 0.3 is 0 Å². The number of aliphatic hydroxyl groups is 1. The second-order valence-corrected chi connectivity index (χ2v) is 15.4. The quantitative estimate of drug-likeness (QED) is 0.103. The van der Waals surface area contributed by atoms with Crippen molar-refractivity contribution in [3.63, 3.8) is 0 Å². The van der Waals surface area contributed by atoms with Crippen LogP contribution in [0.15, 0.2) is 91.6 Å². The predicted octanol–water partition coefficient (Wildman–Crippen LogP) is 4.64. The molecular formula is C28H24N4O11S4. The number of carbonyl (C=O) groups is 1. The van der Waals surface area contributed by atoms with Crippen LogP contribution in [0.4, 0.5) is 11.4 Å². The number of aryl methyl sites for hydroxylation is 1. The van der Waals surface area contributed by atoms with Gasteiger partial charge in [0.15, 0.2) is 6.04 Å². The number of nitrogens with zero attached hydrogens (tertiary/aromatic N) is 3. The Morgan fingerprint density at radius 1 is 0.851 bits per heavy atom. The summed E-state index contributed by atoms with van der Waals surface area (Å²) >= 11 is 0.771. The molecule has 5 rings (SSSR count). The molecule has 0 aliphatic carbocycles. The van der Waals surface area contributed by atoms with Crippen LogP contribution in [0.25, 0.3) is 31.6 Å². The van der Waals surface area contributed by atoms with Gasteiger partial charge in [0, 0.05) is 22.0 Å². The molecule has 15 nitrogen and oxygen atoms in total. The van der Waals surface area contributed by atoms with Crippen LogP contribution in [0.5, 0.6) is 0 Å². The Hall–Kier alpha value is -4.21. The molecule has 47 heavy (non-hydrogen) atoms. The minimum atomic E-state index is -4.93. The number of anilines is 1. The third-order valence-electron chi connectivity index (χ3n) is 6.88. The van der Waals surface area contributed by atoms with Crippen molar-refractivity contribution in [1.82, 2.24) is 4.98 Å². The van der Waals surface area contributed by atoms with E-state index >= 15 is 0 Å². The summed E-state index contributed by atoms with van der Waals surface area (Å²) in [7, 11) is -14.2. The highest BCUT2D eigenvalue weighted by molar-refractivity contribution is 7.86. The highest BCUT2D eigenvalue weighted by Gasteiger charge is 2.27. The van der Waals surface area contributed by atoms with Gasteiger partial charge in [0.2, 0.25) is 0 Å². The van der Waals surface area contributed by atoms with Crippen molar-refractivity contribution in [2.45, 2.75) is 40.7 Å². The van der Waals surface area contributed by atoms with E-state index in [0.717, 1.165) is 23.5 Å². The van der Waals surface area contributed by atoms with E-state index in [1.807, 2.05) is 0 Å². The van der Waals surface area contributed by atoms with Crippen molar-refractivity contribution in [3.8, 4) is 10.6 Å². The number of amides is 1. The molecule has 1 heterocycles. The SMILES string of the molecule is Cc1ccc2nc(-c3ccc(N=N[C@@H](C(=O)Nc4ccc(S(=O)(=O)O)c5ccccc45)[C@@H](C)O)cc3S(=O)(=O)O)sc2c1S(=O)(=O)O. The number of aliphatic hydroxyl groups excluding tert-OH is 1. The molecule has 2 atom stereocenters. The van der Waals surface area contributed by atoms with Gasteiger partial charge in [-0.25, -0.2) is 4.98 Å². The lowest BCUT2D eigenvalue weighted by Crippen LogP contribution is -2.34. The number of hydrogen-bond acceptors (Lipinski definition) is 12. The first-order valence-electron chi connectivity index (χ1n) is 13.2. The smallest absolute Gasteiger partial charge is 0.296 e. The third kappa shape index (κ3) is 7.06. The molecule has 4 aromatic carbocycles. The van der Waals surface area contributed by atoms with E-state index in [1.165, 1.54) is 62.4 Å². The van der Waals surface area contributed by atoms with Gasteiger partial charge in [0.1, 0.15) is 19.7 Å². The second-order valence-electron chi connectivity index (χ2n) is 10.2. The minimum Gasteiger partial charge on any atom is -0.391 e. The average Bonchev–Trinajstić information content (AvgIpc) is 3.39. The summed E-state index contributed by atoms with van der Waals surface area (Å²) < 4.78 is 102. The lowest BCUT2D eigenvalue weighted by atomic mass is 10.1. The van der Waals surface area contributed by atoms with Crippen molar-refractivity contribution < 1.29 is 48.8 Å². The fourth-order valence-corrected chi connectivity index (χ4v) is 8.60. The molecule has 0 saturated heterocycles. The van der Waals surface area contributed by atoms with Crippen LogP contribution in [0, 0.1) is 6.92 Å². The largest absolute Gasteiger partial charge is 0.391 e. The number of nitrogens with one attached hydrogen (secondary N) is 1. The fraction of sp³-hybridized carbons (Fsp3) is 0.143. The topological polar surface area (TPSA) is 250 Å². The number of azo groups is 1. The number of hydrogen-bond donors (Lipinski definition) is 5. The van der Waals surface area contributed by atoms with Crippen LogP contribution >= 0.6 is 11.3 Å². The number of aromatic nitrogens is 1. The van der Waals surface area contributed by atoms with Crippen molar-refractivity contribution in [2.24, 2.45) is 10.2 Å². The Morgan fingerprint density at radius 2 is 1.51 bits per heavy atom. The van der Waals surface area contributed by atoms with Crippen LogP contribution in [0.1, 0.15) is 12.5 Å². The number of thiazole rings is 1. The average molecular weight is 721 g/mol. The van der Waals surface area contributed by atoms with Crippen LogP contribution in [0.3, 0.4) is 0 Å². The molecule has 1 aromatic heterocycles. The zero-order valence-electron chi connectivity index (χ0n) is 24.1. The van der Waals surface area contributed by atoms with Gasteiger partial charge in [-0.15, -0.1) is 11.3 Å². The van der Waals surface area contributed by atoms with E-state index < -0.39 is 53.3 Å². The first-order chi connectivity index (χ1) is 21.9. The normalized spacial score (nSPS) is 14.1. The highest BCUT2D eigenvalue weighted by Crippen LogP contribution is 2.39. The predicted molar refractivity (Wildman–Crippen MR) is 172 cm³/mol. The van der Waals surface area contributed by atoms with Crippen LogP contribution in [-0.4, -0.2) is 67.1 Å². The van der Waals surface area contributed by atoms with Gasteiger partial charge in [-0.2, -0.15) is 35.5 Å². The molecule has 0 saturated carbocycles. The number of rotatable bonds is 9. The van der Waals surface area contributed by atoms with E-state index in [4.69, 9.17) is 0 Å². The highest BCUT2D eigenvalue weighted by atomic mass is 32.2. The Labute approximate surface area is 271 Å². The maximum atomic E-state index is 13.2. The number of fused-ring (bicyclic) bond motifs is 2. The maximum Gasteiger partial charge on any atom is 0.296 e. The van der Waals surface area contributed by atoms with Gasteiger partial charge in [-0.1, -0.05) is 30.3 Å². The molecule has 5 aromatic rings. The van der Waals surface area contributed by atoms with Crippen molar-refractivity contribution in [1.29, 1.82) is 0 Å². The Balaban J connectivity index is 1.50. The Kier molecular flexibility index (Phi) is 9.03. The zero-order chi connectivity index (χ0) is 34.5. The molecule has 0 radical (unpaired) electrons. The van der Waals surface area contributed by atoms with E-state index in [9.17, 15) is 48.8 Å². The molecule has 0 bridgehead atoms. The summed E-state index contributed by atoms with van der Waals surface area (Å²) in [6, 6.07) is 13.2. The summed E-state index contributed by atoms with van der Waals surface area (Å²) in [6.45, 7) is 2.72. The molecular weight excluding hydrogens is 697 g/mol. The van der Waals surface area contributed by atoms with E-state index in [2.05, 4.69) is 20.5 Å². The monoisotopic (exact) mass is 720 g/mol. The summed E-state index contributed by atoms with van der Waals surface area (Å²) in [6.07, 6.45) is -1.41. The van der Waals surface area contributed by atoms with Crippen LogP contribution in [-0.2, 0) is 35.1 Å². The molecule has 0 aliphatic rings. The van der Waals surface area contributed by atoms with E-state index in [1.54, 1.807) is 6.07 Å². The van der Waals surface area contributed by atoms with E-state index in [-0.39, 0.29) is 58.3 Å². The summed E-state index contributed by atoms with van der Waals surface area (Å²) in [5, 5.41) is 21.0. The van der Waals surface area contributed by atoms with Gasteiger partial charge in [0.05, 0.1) is 22.0 Å². The molecule has 0 aliphatic heterocycles. The molecule has 0 unspecified atom stereocenters. The fourth-order valence-electron chi connectivity index (χ4n) is 4.77. The van der Waals surface area contributed by atoms with Crippen molar-refractivity contribution >= 4 is 80.0 Å². The first-order valence-corrected chi connectivity index (χ1v) is 18.4. The summed E-state index contributed by atoms with van der Waals surface area (Å²) in [5.74, 6) is -0.862. The number of carbonyl (C=O) groups excluding carboxylic acids is 1. The molecule has 19 heteroatoms. The summed E-state index contributed by atoms with van der Waals surface area (Å²) in [5.41, 5.74) is 0.260. The molecule has 0 fully saturated rings. The Bertz CT molecular complexity index is 2440. The van der Waals surface area contributed by atoms with Crippen molar-refractivity contribution in [3.05, 3.63) is 72.3 Å². The maximum absolute atomic E-state index is 13.2. The van der Waals surface area contributed by atoms with Crippen LogP contribution < -0.4 is 5.32 Å². The first kappa shape index (κ1) is 34.1. The minimum absolute atomic E-state index is 0.0000848. The molecule has 246 valence electrons. The van der Waals surface area contributed by atoms with Gasteiger partial charge in [-0.05, 0) is 55.8 Å². The van der Waals surface area contributed by atoms with Gasteiger partial charge in [-0.3, -0.25) is 18.5 Å². The van der Waals surface area contributed by atoms with Gasteiger partial charge in [0.25, 0.3) is 36.3 Å². The molecule has 5 N–H and O–H groups in total. The third-order valence-corrected chi connectivity index (χ3v) is 11.0. The summed E-state index contributed by atoms with van der Waals surface area (Å²) in [4.78, 5) is 16.0. The molecule has 0 spiro atoms. The molecule has 1 amide bonds. The van der Waals surface area contributed by atoms with E-state index in [0.29, 0.717) is 0 Å². The second kappa shape index (κ2) is 12.4. The standard InChI is InChI=1S/C28H24N4O11S4/c1-14-7-10-21-25(26(14)47(41,42)43)44-28(30-21)19-9-8-16(13-23(19)46(38,39)40)31-32-24(15(2)33)27(34)29-20-11-12-22(45(35,36)37)18-6-4-3-5-17(18)20/h3-13,15,24,33H,1-2H3,(H,29,34)(H,35,36,37)(H,38,39,40)(H,41,42,43)/t15-,24-/m1/s1. The van der Waals surface area contributed by atoms with Crippen molar-refractivity contribution in [2.75, 3.05) is 5.32 Å². The lowest BCUT2D eigenvalue weighted by Gasteiger charge is -2.16. The Morgan fingerprint density at radius 3 is 2.13 bits per heavy atom. The van der Waals surface area contributed by atoms with Gasteiger partial charge < -0.3 is 10.4 Å². The number of benzene rings is 4.